The normalized spacial score (nSPS) is 12.9. The predicted octanol–water partition coefficient (Wildman–Crippen LogP) is 3.30. The van der Waals surface area contributed by atoms with E-state index in [2.05, 4.69) is 5.32 Å². The van der Waals surface area contributed by atoms with E-state index in [0.717, 1.165) is 28.9 Å². The Balaban J connectivity index is 1.78. The van der Waals surface area contributed by atoms with Gasteiger partial charge in [-0.05, 0) is 48.4 Å². The smallest absolute Gasteiger partial charge is 0.247 e. The number of hydrogen-bond donors (Lipinski definition) is 2. The highest BCUT2D eigenvalue weighted by Crippen LogP contribution is 2.27. The number of benzene rings is 2. The molecule has 0 atom stereocenters. The van der Waals surface area contributed by atoms with Crippen molar-refractivity contribution >= 4 is 28.8 Å². The number of anilines is 3. The van der Waals surface area contributed by atoms with Crippen LogP contribution in [0.25, 0.3) is 0 Å². The molecule has 5 nitrogen and oxygen atoms in total. The average molecular weight is 296 g/mol. The molecule has 0 spiro atoms. The number of amides is 1. The Morgan fingerprint density at radius 1 is 1.09 bits per heavy atom. The summed E-state index contributed by atoms with van der Waals surface area (Å²) in [6.07, 6.45) is 1.41. The van der Waals surface area contributed by atoms with Gasteiger partial charge in [0.05, 0.1) is 5.69 Å². The molecule has 1 amide bonds. The third-order valence-electron chi connectivity index (χ3n) is 3.73. The van der Waals surface area contributed by atoms with E-state index in [0.29, 0.717) is 17.2 Å². The van der Waals surface area contributed by atoms with Crippen LogP contribution in [-0.4, -0.2) is 16.9 Å². The quantitative estimate of drug-likeness (QED) is 0.673. The van der Waals surface area contributed by atoms with Crippen LogP contribution in [-0.2, 0) is 11.2 Å². The molecule has 112 valence electrons. The van der Waals surface area contributed by atoms with Crippen molar-refractivity contribution in [1.82, 2.24) is 0 Å². The molecule has 2 aromatic carbocycles. The Bertz CT molecular complexity index is 738. The molecule has 2 aromatic rings. The van der Waals surface area contributed by atoms with Crippen LogP contribution in [0.15, 0.2) is 42.5 Å². The van der Waals surface area contributed by atoms with Crippen LogP contribution in [0.3, 0.4) is 0 Å². The van der Waals surface area contributed by atoms with Crippen molar-refractivity contribution in [3.8, 4) is 0 Å². The van der Waals surface area contributed by atoms with Gasteiger partial charge in [-0.3, -0.25) is 14.8 Å². The summed E-state index contributed by atoms with van der Waals surface area (Å²) in [4.78, 5) is 22.8. The Morgan fingerprint density at radius 3 is 2.45 bits per heavy atom. The van der Waals surface area contributed by atoms with Crippen molar-refractivity contribution < 1.29 is 14.8 Å². The van der Waals surface area contributed by atoms with Gasteiger partial charge in [0, 0.05) is 30.3 Å². The highest BCUT2D eigenvalue weighted by atomic mass is 16.5. The monoisotopic (exact) mass is 296 g/mol. The topological polar surface area (TPSA) is 69.6 Å². The minimum atomic E-state index is -0.446. The fourth-order valence-corrected chi connectivity index (χ4v) is 2.55. The molecule has 0 heterocycles. The van der Waals surface area contributed by atoms with Crippen LogP contribution < -0.4 is 10.4 Å². The third kappa shape index (κ3) is 2.71. The fraction of sp³-hybridized carbons (Fsp3) is 0.176. The maximum atomic E-state index is 11.8. The van der Waals surface area contributed by atoms with Gasteiger partial charge in [0.15, 0.2) is 5.78 Å². The molecule has 3 rings (SSSR count). The number of hydrogen-bond acceptors (Lipinski definition) is 4. The highest BCUT2D eigenvalue weighted by molar-refractivity contribution is 6.01. The first-order valence-electron chi connectivity index (χ1n) is 7.07. The van der Waals surface area contributed by atoms with Gasteiger partial charge >= 0.3 is 0 Å². The van der Waals surface area contributed by atoms with Gasteiger partial charge in [0.2, 0.25) is 5.91 Å². The highest BCUT2D eigenvalue weighted by Gasteiger charge is 2.19. The second-order valence-electron chi connectivity index (χ2n) is 5.30. The summed E-state index contributed by atoms with van der Waals surface area (Å²) in [6.45, 7) is 1.29. The molecule has 0 aliphatic heterocycles. The van der Waals surface area contributed by atoms with Gasteiger partial charge in [-0.1, -0.05) is 6.07 Å². The van der Waals surface area contributed by atoms with Crippen molar-refractivity contribution in [3.05, 3.63) is 53.6 Å². The first-order chi connectivity index (χ1) is 10.5. The maximum absolute atomic E-state index is 11.8. The van der Waals surface area contributed by atoms with E-state index in [1.807, 2.05) is 18.2 Å². The summed E-state index contributed by atoms with van der Waals surface area (Å²) < 4.78 is 0. The molecule has 0 aromatic heterocycles. The van der Waals surface area contributed by atoms with E-state index in [1.165, 1.54) is 6.92 Å². The molecular formula is C17H16N2O3. The molecule has 2 N–H and O–H groups in total. The number of nitrogens with one attached hydrogen (secondary N) is 1. The Kier molecular flexibility index (Phi) is 3.65. The zero-order valence-electron chi connectivity index (χ0n) is 12.2. The van der Waals surface area contributed by atoms with Gasteiger partial charge in [-0.25, -0.2) is 0 Å². The van der Waals surface area contributed by atoms with Gasteiger partial charge in [0.25, 0.3) is 0 Å². The number of aryl methyl sites for hydroxylation is 1. The summed E-state index contributed by atoms with van der Waals surface area (Å²) in [5.41, 5.74) is 3.95. The summed E-state index contributed by atoms with van der Waals surface area (Å²) in [5, 5.41) is 13.3. The van der Waals surface area contributed by atoms with Crippen molar-refractivity contribution in [2.75, 3.05) is 10.4 Å². The van der Waals surface area contributed by atoms with Crippen LogP contribution in [0.4, 0.5) is 17.1 Å². The second kappa shape index (κ2) is 5.61. The number of carbonyl (C=O) groups excluding carboxylic acids is 2. The van der Waals surface area contributed by atoms with Gasteiger partial charge in [-0.15, -0.1) is 0 Å². The zero-order valence-corrected chi connectivity index (χ0v) is 12.2. The van der Waals surface area contributed by atoms with Gasteiger partial charge in [-0.2, -0.15) is 5.06 Å². The van der Waals surface area contributed by atoms with Crippen LogP contribution in [0, 0.1) is 0 Å². The lowest BCUT2D eigenvalue weighted by atomic mass is 10.1. The van der Waals surface area contributed by atoms with Crippen LogP contribution in [0.5, 0.6) is 0 Å². The fourth-order valence-electron chi connectivity index (χ4n) is 2.55. The van der Waals surface area contributed by atoms with E-state index in [4.69, 9.17) is 0 Å². The van der Waals surface area contributed by atoms with E-state index in [9.17, 15) is 14.8 Å². The number of nitrogens with zero attached hydrogens (tertiary/aromatic N) is 1. The molecule has 1 aliphatic rings. The lowest BCUT2D eigenvalue weighted by molar-refractivity contribution is -0.121. The number of hydroxylamine groups is 1. The van der Waals surface area contributed by atoms with E-state index < -0.39 is 5.91 Å². The molecule has 0 fully saturated rings. The number of ketones is 1. The molecule has 1 aliphatic carbocycles. The zero-order chi connectivity index (χ0) is 15.7. The van der Waals surface area contributed by atoms with Crippen molar-refractivity contribution in [3.63, 3.8) is 0 Å². The first-order valence-corrected chi connectivity index (χ1v) is 7.07. The first kappa shape index (κ1) is 14.3. The van der Waals surface area contributed by atoms with Crippen molar-refractivity contribution in [1.29, 1.82) is 0 Å². The summed E-state index contributed by atoms with van der Waals surface area (Å²) in [5.74, 6) is -0.260. The molecule has 0 radical (unpaired) electrons. The standard InChI is InChI=1S/C17H16N2O3/c1-11(20)19(22)15-7-5-13(6-8-15)18-14-4-2-12-3-9-17(21)16(12)10-14/h2,4-8,10,18,22H,3,9H2,1H3. The Morgan fingerprint density at radius 2 is 1.77 bits per heavy atom. The molecular weight excluding hydrogens is 280 g/mol. The molecule has 0 saturated heterocycles. The Labute approximate surface area is 128 Å². The SMILES string of the molecule is CC(=O)N(O)c1ccc(Nc2ccc3c(c2)C(=O)CC3)cc1. The van der Waals surface area contributed by atoms with Gasteiger partial charge in [0.1, 0.15) is 0 Å². The molecule has 5 heteroatoms. The number of fused-ring (bicyclic) bond motifs is 1. The number of rotatable bonds is 3. The lowest BCUT2D eigenvalue weighted by Gasteiger charge is -2.13. The van der Waals surface area contributed by atoms with E-state index in [-0.39, 0.29) is 5.78 Å². The number of Topliss-reactive ketones (excluding diaryl/α,β-unsaturated/α-hetero) is 1. The Hall–Kier alpha value is -2.66. The molecule has 22 heavy (non-hydrogen) atoms. The van der Waals surface area contributed by atoms with E-state index >= 15 is 0 Å². The van der Waals surface area contributed by atoms with E-state index in [1.54, 1.807) is 24.3 Å². The van der Waals surface area contributed by atoms with Crippen molar-refractivity contribution in [2.24, 2.45) is 0 Å². The third-order valence-corrected chi connectivity index (χ3v) is 3.73. The van der Waals surface area contributed by atoms with Gasteiger partial charge < -0.3 is 5.32 Å². The lowest BCUT2D eigenvalue weighted by Crippen LogP contribution is -2.23. The maximum Gasteiger partial charge on any atom is 0.247 e. The number of carbonyl (C=O) groups is 2. The summed E-state index contributed by atoms with van der Waals surface area (Å²) in [7, 11) is 0. The minimum Gasteiger partial charge on any atom is -0.356 e. The average Bonchev–Trinajstić information content (AvgIpc) is 2.88. The predicted molar refractivity (Wildman–Crippen MR) is 83.8 cm³/mol. The van der Waals surface area contributed by atoms with Crippen LogP contribution in [0.1, 0.15) is 29.3 Å². The molecule has 0 unspecified atom stereocenters. The van der Waals surface area contributed by atoms with Crippen molar-refractivity contribution in [2.45, 2.75) is 19.8 Å². The second-order valence-corrected chi connectivity index (χ2v) is 5.30. The summed E-state index contributed by atoms with van der Waals surface area (Å²) >= 11 is 0. The molecule has 0 saturated carbocycles. The van der Waals surface area contributed by atoms with Crippen LogP contribution in [0.2, 0.25) is 0 Å². The van der Waals surface area contributed by atoms with Crippen LogP contribution >= 0.6 is 0 Å². The molecule has 0 bridgehead atoms. The summed E-state index contributed by atoms with van der Waals surface area (Å²) in [6, 6.07) is 12.6. The minimum absolute atomic E-state index is 0.186. The largest absolute Gasteiger partial charge is 0.356 e.